The Morgan fingerprint density at radius 3 is 2.90 bits per heavy atom. The van der Waals surface area contributed by atoms with Crippen molar-refractivity contribution in [3.8, 4) is 0 Å². The van der Waals surface area contributed by atoms with Gasteiger partial charge in [0.05, 0.1) is 11.7 Å². The van der Waals surface area contributed by atoms with E-state index in [0.717, 1.165) is 22.7 Å². The van der Waals surface area contributed by atoms with Crippen LogP contribution in [0.3, 0.4) is 0 Å². The Morgan fingerprint density at radius 1 is 1.14 bits per heavy atom. The second kappa shape index (κ2) is 6.01. The van der Waals surface area contributed by atoms with Crippen molar-refractivity contribution in [1.29, 1.82) is 0 Å². The van der Waals surface area contributed by atoms with Crippen molar-refractivity contribution < 1.29 is 4.39 Å². The molecule has 0 atom stereocenters. The van der Waals surface area contributed by atoms with Crippen LogP contribution in [0.1, 0.15) is 5.56 Å². The van der Waals surface area contributed by atoms with Crippen LogP contribution in [0.4, 0.5) is 10.2 Å². The van der Waals surface area contributed by atoms with Gasteiger partial charge in [-0.05, 0) is 29.7 Å². The van der Waals surface area contributed by atoms with Crippen molar-refractivity contribution in [3.05, 3.63) is 59.4 Å². The highest BCUT2D eigenvalue weighted by Crippen LogP contribution is 2.17. The van der Waals surface area contributed by atoms with Crippen molar-refractivity contribution in [2.24, 2.45) is 0 Å². The van der Waals surface area contributed by atoms with Gasteiger partial charge in [-0.3, -0.25) is 4.98 Å². The smallest absolute Gasteiger partial charge is 0.224 e. The maximum atomic E-state index is 13.5. The van der Waals surface area contributed by atoms with E-state index in [-0.39, 0.29) is 11.1 Å². The molecule has 0 bridgehead atoms. The lowest BCUT2D eigenvalue weighted by Gasteiger charge is -2.08. The molecule has 0 aliphatic heterocycles. The average molecular weight is 303 g/mol. The zero-order valence-electron chi connectivity index (χ0n) is 11.1. The molecule has 106 valence electrons. The fraction of sp³-hybridized carbons (Fsp3) is 0.133. The number of hydrogen-bond acceptors (Lipinski definition) is 4. The normalized spacial score (nSPS) is 10.8. The highest BCUT2D eigenvalue weighted by molar-refractivity contribution is 6.28. The molecule has 0 fully saturated rings. The molecule has 3 rings (SSSR count). The molecule has 0 saturated heterocycles. The van der Waals surface area contributed by atoms with E-state index in [1.54, 1.807) is 6.20 Å². The number of aromatic nitrogens is 3. The van der Waals surface area contributed by atoms with Crippen LogP contribution in [0.25, 0.3) is 10.9 Å². The first-order chi connectivity index (χ1) is 10.2. The van der Waals surface area contributed by atoms with Crippen LogP contribution >= 0.6 is 11.6 Å². The van der Waals surface area contributed by atoms with Gasteiger partial charge in [0.1, 0.15) is 0 Å². The molecule has 0 radical (unpaired) electrons. The van der Waals surface area contributed by atoms with Crippen molar-refractivity contribution in [1.82, 2.24) is 15.0 Å². The van der Waals surface area contributed by atoms with Crippen LogP contribution in [0, 0.1) is 5.82 Å². The Hall–Kier alpha value is -2.27. The van der Waals surface area contributed by atoms with Gasteiger partial charge in [-0.2, -0.15) is 4.98 Å². The summed E-state index contributed by atoms with van der Waals surface area (Å²) in [6.07, 6.45) is 3.52. The predicted molar refractivity (Wildman–Crippen MR) is 80.9 cm³/mol. The van der Waals surface area contributed by atoms with Crippen molar-refractivity contribution in [3.63, 3.8) is 0 Å². The van der Waals surface area contributed by atoms with Crippen LogP contribution in [0.5, 0.6) is 0 Å². The second-order valence-electron chi connectivity index (χ2n) is 4.50. The monoisotopic (exact) mass is 302 g/mol. The molecule has 2 heterocycles. The molecule has 6 heteroatoms. The van der Waals surface area contributed by atoms with E-state index in [9.17, 15) is 4.39 Å². The molecule has 2 aromatic heterocycles. The van der Waals surface area contributed by atoms with Crippen LogP contribution in [-0.4, -0.2) is 21.5 Å². The molecule has 0 amide bonds. The molecule has 0 aliphatic carbocycles. The minimum absolute atomic E-state index is 0.0192. The Kier molecular flexibility index (Phi) is 3.92. The van der Waals surface area contributed by atoms with E-state index in [1.165, 1.54) is 0 Å². The lowest BCUT2D eigenvalue weighted by atomic mass is 10.1. The number of halogens is 2. The van der Waals surface area contributed by atoms with E-state index in [1.807, 2.05) is 30.3 Å². The van der Waals surface area contributed by atoms with Gasteiger partial charge in [-0.25, -0.2) is 9.37 Å². The Morgan fingerprint density at radius 2 is 2.00 bits per heavy atom. The summed E-state index contributed by atoms with van der Waals surface area (Å²) in [5.41, 5.74) is 2.06. The average Bonchev–Trinajstić information content (AvgIpc) is 2.51. The molecule has 1 N–H and O–H groups in total. The molecule has 0 spiro atoms. The number of pyridine rings is 1. The van der Waals surface area contributed by atoms with Gasteiger partial charge in [-0.15, -0.1) is 0 Å². The summed E-state index contributed by atoms with van der Waals surface area (Å²) in [7, 11) is 0. The van der Waals surface area contributed by atoms with Gasteiger partial charge >= 0.3 is 0 Å². The van der Waals surface area contributed by atoms with Gasteiger partial charge in [-0.1, -0.05) is 24.3 Å². The van der Waals surface area contributed by atoms with Gasteiger partial charge in [0, 0.05) is 18.1 Å². The number of benzene rings is 1. The molecule has 0 unspecified atom stereocenters. The molecule has 21 heavy (non-hydrogen) atoms. The first-order valence-corrected chi connectivity index (χ1v) is 6.86. The topological polar surface area (TPSA) is 50.7 Å². The zero-order chi connectivity index (χ0) is 14.7. The fourth-order valence-electron chi connectivity index (χ4n) is 2.15. The molecule has 0 aliphatic rings. The highest BCUT2D eigenvalue weighted by Gasteiger charge is 2.06. The molecule has 3 aromatic rings. The van der Waals surface area contributed by atoms with Crippen LogP contribution in [-0.2, 0) is 6.42 Å². The first kappa shape index (κ1) is 13.7. The highest BCUT2D eigenvalue weighted by atomic mass is 35.5. The first-order valence-electron chi connectivity index (χ1n) is 6.48. The summed E-state index contributed by atoms with van der Waals surface area (Å²) in [5, 5.41) is 4.04. The second-order valence-corrected chi connectivity index (χ2v) is 4.84. The van der Waals surface area contributed by atoms with Gasteiger partial charge in [0.25, 0.3) is 0 Å². The maximum absolute atomic E-state index is 13.5. The standard InChI is InChI=1S/C15H12ClFN4/c16-15-20-9-12(17)14(21-15)19-8-6-11-4-1-3-10-5-2-7-18-13(10)11/h1-5,7,9H,6,8H2,(H,19,20,21). The third-order valence-electron chi connectivity index (χ3n) is 3.12. The fourth-order valence-corrected chi connectivity index (χ4v) is 2.29. The predicted octanol–water partition coefficient (Wildman–Crippen LogP) is 3.47. The number of anilines is 1. The molecular weight excluding hydrogens is 291 g/mol. The Bertz CT molecular complexity index is 773. The van der Waals surface area contributed by atoms with Crippen LogP contribution in [0.15, 0.2) is 42.7 Å². The number of para-hydroxylation sites is 1. The quantitative estimate of drug-likeness (QED) is 0.750. The van der Waals surface area contributed by atoms with Crippen LogP contribution < -0.4 is 5.32 Å². The lowest BCUT2D eigenvalue weighted by molar-refractivity contribution is 0.616. The zero-order valence-corrected chi connectivity index (χ0v) is 11.8. The van der Waals surface area contributed by atoms with Crippen molar-refractivity contribution in [2.45, 2.75) is 6.42 Å². The third kappa shape index (κ3) is 3.08. The van der Waals surface area contributed by atoms with E-state index in [2.05, 4.69) is 20.3 Å². The Labute approximate surface area is 126 Å². The summed E-state index contributed by atoms with van der Waals surface area (Å²) < 4.78 is 13.5. The van der Waals surface area contributed by atoms with Gasteiger partial charge < -0.3 is 5.32 Å². The van der Waals surface area contributed by atoms with E-state index < -0.39 is 5.82 Å². The van der Waals surface area contributed by atoms with Crippen LogP contribution in [0.2, 0.25) is 5.28 Å². The minimum atomic E-state index is -0.518. The summed E-state index contributed by atoms with van der Waals surface area (Å²) in [6.45, 7) is 0.528. The number of hydrogen-bond donors (Lipinski definition) is 1. The number of nitrogens with zero attached hydrogens (tertiary/aromatic N) is 3. The summed E-state index contributed by atoms with van der Waals surface area (Å²) in [5.74, 6) is -0.404. The van der Waals surface area contributed by atoms with E-state index in [0.29, 0.717) is 13.0 Å². The minimum Gasteiger partial charge on any atom is -0.367 e. The molecular formula is C15H12ClFN4. The largest absolute Gasteiger partial charge is 0.367 e. The number of nitrogens with one attached hydrogen (secondary N) is 1. The molecule has 0 saturated carbocycles. The van der Waals surface area contributed by atoms with Gasteiger partial charge in [0.15, 0.2) is 11.6 Å². The maximum Gasteiger partial charge on any atom is 0.224 e. The van der Waals surface area contributed by atoms with Crippen molar-refractivity contribution >= 4 is 28.3 Å². The SMILES string of the molecule is Fc1cnc(Cl)nc1NCCc1cccc2cccnc12. The number of rotatable bonds is 4. The van der Waals surface area contributed by atoms with Gasteiger partial charge in [0.2, 0.25) is 5.28 Å². The Balaban J connectivity index is 1.74. The molecule has 4 nitrogen and oxygen atoms in total. The summed E-state index contributed by atoms with van der Waals surface area (Å²) in [4.78, 5) is 11.8. The summed E-state index contributed by atoms with van der Waals surface area (Å²) in [6, 6.07) is 9.94. The van der Waals surface area contributed by atoms with Crippen molar-refractivity contribution in [2.75, 3.05) is 11.9 Å². The van der Waals surface area contributed by atoms with E-state index in [4.69, 9.17) is 11.6 Å². The summed E-state index contributed by atoms with van der Waals surface area (Å²) >= 11 is 5.65. The lowest BCUT2D eigenvalue weighted by Crippen LogP contribution is -2.09. The molecule has 1 aromatic carbocycles. The third-order valence-corrected chi connectivity index (χ3v) is 3.30. The number of fused-ring (bicyclic) bond motifs is 1. The van der Waals surface area contributed by atoms with E-state index >= 15 is 0 Å².